The maximum Gasteiger partial charge on any atom is 0.460 e. The molecule has 124 valence electrons. The Morgan fingerprint density at radius 2 is 1.05 bits per heavy atom. The summed E-state index contributed by atoms with van der Waals surface area (Å²) in [7, 11) is 0. The predicted octanol–water partition coefficient (Wildman–Crippen LogP) is 5.13. The Kier molecular flexibility index (Phi) is 4.79. The zero-order chi connectivity index (χ0) is 17.5. The Hall–Kier alpha value is -1.36. The van der Waals surface area contributed by atoms with Crippen molar-refractivity contribution in [3.05, 3.63) is 24.6 Å². The van der Waals surface area contributed by atoms with Gasteiger partial charge in [-0.3, -0.25) is 0 Å². The van der Waals surface area contributed by atoms with Crippen LogP contribution in [0.4, 0.5) is 52.7 Å². The summed E-state index contributed by atoms with van der Waals surface area (Å²) in [6.07, 6.45) is -7.79. The normalized spacial score (nSPS) is 16.1. The monoisotopic (exact) mass is 340 g/mol. The molecule has 0 aromatic carbocycles. The van der Waals surface area contributed by atoms with Gasteiger partial charge in [0.1, 0.15) is 0 Å². The highest BCUT2D eigenvalue weighted by molar-refractivity contribution is 5.20. The van der Waals surface area contributed by atoms with E-state index in [-0.39, 0.29) is 6.08 Å². The minimum atomic E-state index is -7.62. The third-order valence-electron chi connectivity index (χ3n) is 2.10. The highest BCUT2D eigenvalue weighted by atomic mass is 19.4. The number of hydrogen-bond donors (Lipinski definition) is 0. The second kappa shape index (κ2) is 5.13. The average molecular weight is 340 g/mol. The minimum Gasteiger partial charge on any atom is -0.205 e. The Bertz CT molecular complexity index is 426. The molecule has 0 heterocycles. The molecule has 0 saturated heterocycles. The van der Waals surface area contributed by atoms with Crippen molar-refractivity contribution in [2.75, 3.05) is 0 Å². The van der Waals surface area contributed by atoms with Crippen molar-refractivity contribution in [2.45, 2.75) is 29.9 Å². The van der Waals surface area contributed by atoms with Gasteiger partial charge in [0.15, 0.2) is 5.83 Å². The molecule has 0 bridgehead atoms. The van der Waals surface area contributed by atoms with Gasteiger partial charge in [-0.05, 0) is 6.08 Å². The third kappa shape index (κ3) is 2.71. The number of alkyl halides is 11. The first kappa shape index (κ1) is 19.6. The second-order valence-electron chi connectivity index (χ2n) is 3.55. The fourth-order valence-electron chi connectivity index (χ4n) is 0.930. The SMILES string of the molecule is C=CC=C(F)C(F)(F)C(F)(F)C(F)(F)C(F)(F)C(F)(F)F. The Labute approximate surface area is 108 Å². The van der Waals surface area contributed by atoms with Gasteiger partial charge in [-0.2, -0.15) is 48.3 Å². The summed E-state index contributed by atoms with van der Waals surface area (Å²) in [4.78, 5) is 0. The van der Waals surface area contributed by atoms with Gasteiger partial charge in [0.25, 0.3) is 0 Å². The van der Waals surface area contributed by atoms with E-state index in [0.29, 0.717) is 0 Å². The Morgan fingerprint density at radius 1 is 0.667 bits per heavy atom. The van der Waals surface area contributed by atoms with E-state index in [1.165, 1.54) is 0 Å². The van der Waals surface area contributed by atoms with Crippen LogP contribution < -0.4 is 0 Å². The molecule has 0 amide bonds. The molecule has 0 fully saturated rings. The van der Waals surface area contributed by atoms with Crippen LogP contribution in [0.5, 0.6) is 0 Å². The van der Waals surface area contributed by atoms with E-state index >= 15 is 0 Å². The molecular formula is C9H4F12. The summed E-state index contributed by atoms with van der Waals surface area (Å²) in [5.41, 5.74) is 0. The van der Waals surface area contributed by atoms with E-state index in [1.54, 1.807) is 0 Å². The Morgan fingerprint density at radius 3 is 1.33 bits per heavy atom. The van der Waals surface area contributed by atoms with Crippen molar-refractivity contribution in [3.8, 4) is 0 Å². The van der Waals surface area contributed by atoms with Gasteiger partial charge in [-0.25, -0.2) is 4.39 Å². The lowest BCUT2D eigenvalue weighted by Gasteiger charge is -2.36. The zero-order valence-electron chi connectivity index (χ0n) is 9.40. The molecule has 0 unspecified atom stereocenters. The molecule has 0 spiro atoms. The molecule has 12 heteroatoms. The summed E-state index contributed by atoms with van der Waals surface area (Å²) in [5, 5.41) is 0. The van der Waals surface area contributed by atoms with Gasteiger partial charge in [0, 0.05) is 0 Å². The molecule has 0 rings (SSSR count). The predicted molar refractivity (Wildman–Crippen MR) is 45.2 cm³/mol. The molecule has 0 saturated carbocycles. The highest BCUT2D eigenvalue weighted by Gasteiger charge is 2.87. The maximum absolute atomic E-state index is 12.8. The van der Waals surface area contributed by atoms with Crippen LogP contribution in [0.25, 0.3) is 0 Å². The fraction of sp³-hybridized carbons (Fsp3) is 0.556. The topological polar surface area (TPSA) is 0 Å². The molecule has 0 aliphatic rings. The minimum absolute atomic E-state index is 0.0688. The largest absolute Gasteiger partial charge is 0.460 e. The molecule has 0 atom stereocenters. The van der Waals surface area contributed by atoms with Crippen LogP contribution in [0.15, 0.2) is 24.6 Å². The van der Waals surface area contributed by atoms with Gasteiger partial charge in [0.2, 0.25) is 0 Å². The molecule has 21 heavy (non-hydrogen) atoms. The number of allylic oxidation sites excluding steroid dienone is 3. The Balaban J connectivity index is 6.13. The summed E-state index contributed by atoms with van der Waals surface area (Å²) in [6.45, 7) is 2.54. The van der Waals surface area contributed by atoms with Gasteiger partial charge in [-0.15, -0.1) is 0 Å². The molecule has 0 aromatic heterocycles. The first-order valence-corrected chi connectivity index (χ1v) is 4.55. The fourth-order valence-corrected chi connectivity index (χ4v) is 0.930. The van der Waals surface area contributed by atoms with Crippen LogP contribution in [0.1, 0.15) is 0 Å². The van der Waals surface area contributed by atoms with Crippen LogP contribution in [0.3, 0.4) is 0 Å². The number of halogens is 12. The van der Waals surface area contributed by atoms with Crippen LogP contribution in [0, 0.1) is 0 Å². The summed E-state index contributed by atoms with van der Waals surface area (Å²) in [6, 6.07) is 0. The standard InChI is InChI=1S/C9H4F12/c1-2-3-4(10)5(11,12)6(13,14)7(15,16)8(17,18)9(19,20)21/h2-3H,1H2. The van der Waals surface area contributed by atoms with E-state index < -0.39 is 41.8 Å². The lowest BCUT2D eigenvalue weighted by Crippen LogP contribution is -2.66. The van der Waals surface area contributed by atoms with Crippen LogP contribution >= 0.6 is 0 Å². The molecule has 0 aliphatic heterocycles. The zero-order valence-corrected chi connectivity index (χ0v) is 9.40. The molecule has 0 N–H and O–H groups in total. The van der Waals surface area contributed by atoms with Crippen molar-refractivity contribution in [3.63, 3.8) is 0 Å². The lowest BCUT2D eigenvalue weighted by molar-refractivity contribution is -0.419. The first-order valence-electron chi connectivity index (χ1n) is 4.55. The summed E-state index contributed by atoms with van der Waals surface area (Å²) in [5.74, 6) is -32.5. The third-order valence-corrected chi connectivity index (χ3v) is 2.10. The number of rotatable bonds is 5. The average Bonchev–Trinajstić information content (AvgIpc) is 2.26. The molecule has 0 radical (unpaired) electrons. The second-order valence-corrected chi connectivity index (χ2v) is 3.55. The van der Waals surface area contributed by atoms with Crippen molar-refractivity contribution < 1.29 is 52.7 Å². The maximum atomic E-state index is 12.8. The van der Waals surface area contributed by atoms with Gasteiger partial charge in [0.05, 0.1) is 0 Å². The number of hydrogen-bond acceptors (Lipinski definition) is 0. The van der Waals surface area contributed by atoms with Gasteiger partial charge < -0.3 is 0 Å². The van der Waals surface area contributed by atoms with Crippen LogP contribution in [0.2, 0.25) is 0 Å². The first-order chi connectivity index (χ1) is 8.98. The van der Waals surface area contributed by atoms with Crippen molar-refractivity contribution in [1.29, 1.82) is 0 Å². The highest BCUT2D eigenvalue weighted by Crippen LogP contribution is 2.58. The van der Waals surface area contributed by atoms with Crippen molar-refractivity contribution >= 4 is 0 Å². The van der Waals surface area contributed by atoms with Crippen molar-refractivity contribution in [1.82, 2.24) is 0 Å². The van der Waals surface area contributed by atoms with Gasteiger partial charge in [-0.1, -0.05) is 12.7 Å². The molecule has 0 nitrogen and oxygen atoms in total. The van der Waals surface area contributed by atoms with E-state index in [2.05, 4.69) is 6.58 Å². The molecule has 0 aromatic rings. The summed E-state index contributed by atoms with van der Waals surface area (Å²) < 4.78 is 149. The van der Waals surface area contributed by atoms with E-state index in [4.69, 9.17) is 0 Å². The lowest BCUT2D eigenvalue weighted by atomic mass is 9.97. The van der Waals surface area contributed by atoms with Crippen LogP contribution in [-0.2, 0) is 0 Å². The van der Waals surface area contributed by atoms with E-state index in [0.717, 1.165) is 0 Å². The van der Waals surface area contributed by atoms with Gasteiger partial charge >= 0.3 is 29.9 Å². The quantitative estimate of drug-likeness (QED) is 0.481. The van der Waals surface area contributed by atoms with Crippen LogP contribution in [-0.4, -0.2) is 29.9 Å². The van der Waals surface area contributed by atoms with Crippen molar-refractivity contribution in [2.24, 2.45) is 0 Å². The molecular weight excluding hydrogens is 336 g/mol. The van der Waals surface area contributed by atoms with E-state index in [9.17, 15) is 52.7 Å². The summed E-state index contributed by atoms with van der Waals surface area (Å²) >= 11 is 0. The van der Waals surface area contributed by atoms with E-state index in [1.807, 2.05) is 0 Å². The molecule has 0 aliphatic carbocycles. The smallest absolute Gasteiger partial charge is 0.205 e.